The average molecular weight is 733 g/mol. The first kappa shape index (κ1) is 46.3. The highest BCUT2D eigenvalue weighted by atomic mass is 79.9. The Balaban J connectivity index is 0.0000212. The quantitative estimate of drug-likeness (QED) is 0.0489. The van der Waals surface area contributed by atoms with Gasteiger partial charge in [0.05, 0.1) is 13.1 Å². The molecule has 8 heteroatoms. The van der Waals surface area contributed by atoms with Crippen molar-refractivity contribution in [1.29, 1.82) is 0 Å². The molecule has 0 saturated carbocycles. The van der Waals surface area contributed by atoms with E-state index in [4.69, 9.17) is 15.2 Å². The fraction of sp³-hybridized carbons (Fsp3) is 0.949. The van der Waals surface area contributed by atoms with E-state index >= 15 is 0 Å². The van der Waals surface area contributed by atoms with Crippen molar-refractivity contribution in [1.82, 2.24) is 4.90 Å². The molecule has 2 atom stereocenters. The van der Waals surface area contributed by atoms with Gasteiger partial charge < -0.3 is 32.2 Å². The zero-order valence-corrected chi connectivity index (χ0v) is 33.1. The van der Waals surface area contributed by atoms with Gasteiger partial charge >= 0.3 is 11.9 Å². The van der Waals surface area contributed by atoms with Crippen molar-refractivity contribution >= 4 is 11.9 Å². The third kappa shape index (κ3) is 22.6. The Kier molecular flexibility index (Phi) is 30.8. The number of esters is 2. The number of unbranched alkanes of at least 4 members (excludes halogenated alkanes) is 20. The topological polar surface area (TPSA) is 81.9 Å². The molecule has 7 nitrogen and oxygen atoms in total. The first-order valence-electron chi connectivity index (χ1n) is 20.1. The molecule has 2 unspecified atom stereocenters. The molecule has 0 radical (unpaired) electrons. The van der Waals surface area contributed by atoms with Crippen molar-refractivity contribution in [3.05, 3.63) is 0 Å². The van der Waals surface area contributed by atoms with Crippen molar-refractivity contribution in [2.75, 3.05) is 39.3 Å². The van der Waals surface area contributed by atoms with E-state index in [1.54, 1.807) is 0 Å². The van der Waals surface area contributed by atoms with Gasteiger partial charge in [-0.15, -0.1) is 0 Å². The van der Waals surface area contributed by atoms with Crippen LogP contribution in [0.3, 0.4) is 0 Å². The lowest BCUT2D eigenvalue weighted by molar-refractivity contribution is -1.01. The average Bonchev–Trinajstić information content (AvgIpc) is 3.05. The van der Waals surface area contributed by atoms with Crippen LogP contribution in [0, 0.1) is 0 Å². The second kappa shape index (κ2) is 31.3. The molecule has 1 heterocycles. The number of piperazine rings is 1. The molecular formula is C39H78BrN3O4. The van der Waals surface area contributed by atoms with Gasteiger partial charge in [0.15, 0.2) is 0 Å². The van der Waals surface area contributed by atoms with Crippen LogP contribution >= 0.6 is 0 Å². The normalized spacial score (nSPS) is 15.9. The standard InChI is InChI=1S/C39H78N3O4.BrH/c1-5-7-9-11-13-15-17-19-21-23-25-28-38(43)45-36(3)42(34-32-41(33-35-42)31-27-30-40)37(4)46-39(44)29-26-24-22-20-18-16-14-12-10-8-6-2;/h36-37H,5-35,40H2,1-4H3;1H/q+1;/p-1. The lowest BCUT2D eigenvalue weighted by Crippen LogP contribution is -3.00. The van der Waals surface area contributed by atoms with E-state index in [1.165, 1.54) is 116 Å². The highest BCUT2D eigenvalue weighted by Crippen LogP contribution is 2.26. The first-order chi connectivity index (χ1) is 22.4. The molecule has 0 aromatic heterocycles. The van der Waals surface area contributed by atoms with Crippen molar-refractivity contribution in [3.8, 4) is 0 Å². The molecule has 1 fully saturated rings. The summed E-state index contributed by atoms with van der Waals surface area (Å²) in [5.74, 6) is -0.239. The van der Waals surface area contributed by atoms with Gasteiger partial charge in [-0.25, -0.2) is 0 Å². The van der Waals surface area contributed by atoms with Gasteiger partial charge in [-0.2, -0.15) is 0 Å². The lowest BCUT2D eigenvalue weighted by Gasteiger charge is -2.49. The fourth-order valence-electron chi connectivity index (χ4n) is 7.02. The zero-order chi connectivity index (χ0) is 33.7. The van der Waals surface area contributed by atoms with Crippen LogP contribution in [0.25, 0.3) is 0 Å². The third-order valence-electron chi connectivity index (χ3n) is 10.4. The van der Waals surface area contributed by atoms with Gasteiger partial charge in [0, 0.05) is 39.8 Å². The van der Waals surface area contributed by atoms with Crippen LogP contribution in [0.4, 0.5) is 0 Å². The second-order valence-electron chi connectivity index (χ2n) is 14.3. The number of carbonyl (C=O) groups excluding carboxylic acids is 2. The van der Waals surface area contributed by atoms with E-state index in [1.807, 2.05) is 13.8 Å². The smallest absolute Gasteiger partial charge is 0.310 e. The molecule has 0 aliphatic carbocycles. The van der Waals surface area contributed by atoms with Gasteiger partial charge in [-0.05, 0) is 32.4 Å². The Morgan fingerprint density at radius 1 is 0.574 bits per heavy atom. The Labute approximate surface area is 302 Å². The van der Waals surface area contributed by atoms with Crippen molar-refractivity contribution in [2.45, 2.75) is 201 Å². The summed E-state index contributed by atoms with van der Waals surface area (Å²) >= 11 is 0. The Hall–Kier alpha value is -0.700. The summed E-state index contributed by atoms with van der Waals surface area (Å²) < 4.78 is 12.7. The number of nitrogens with zero attached hydrogens (tertiary/aromatic N) is 2. The molecule has 0 bridgehead atoms. The van der Waals surface area contributed by atoms with Crippen LogP contribution in [0.5, 0.6) is 0 Å². The number of carbonyl (C=O) groups is 2. The molecule has 0 aromatic carbocycles. The number of nitrogens with two attached hydrogens (primary N) is 1. The highest BCUT2D eigenvalue weighted by molar-refractivity contribution is 5.69. The Morgan fingerprint density at radius 3 is 1.21 bits per heavy atom. The summed E-state index contributed by atoms with van der Waals surface area (Å²) in [6.07, 6.45) is 29.0. The molecule has 2 N–H and O–H groups in total. The van der Waals surface area contributed by atoms with E-state index in [-0.39, 0.29) is 41.4 Å². The minimum atomic E-state index is -0.346. The van der Waals surface area contributed by atoms with Crippen LogP contribution in [0.15, 0.2) is 0 Å². The maximum absolute atomic E-state index is 12.9. The van der Waals surface area contributed by atoms with Crippen molar-refractivity contribution < 1.29 is 40.5 Å². The van der Waals surface area contributed by atoms with E-state index in [0.29, 0.717) is 23.9 Å². The number of ether oxygens (including phenoxy) is 2. The summed E-state index contributed by atoms with van der Waals surface area (Å²) in [4.78, 5) is 28.3. The molecule has 280 valence electrons. The fourth-order valence-corrected chi connectivity index (χ4v) is 7.02. The molecule has 1 aliphatic rings. The van der Waals surface area contributed by atoms with Crippen molar-refractivity contribution in [2.24, 2.45) is 5.73 Å². The van der Waals surface area contributed by atoms with E-state index < -0.39 is 0 Å². The molecule has 0 amide bonds. The van der Waals surface area contributed by atoms with Gasteiger partial charge in [-0.1, -0.05) is 142 Å². The van der Waals surface area contributed by atoms with Crippen LogP contribution < -0.4 is 22.7 Å². The molecule has 1 aliphatic heterocycles. The predicted molar refractivity (Wildman–Crippen MR) is 193 cm³/mol. The summed E-state index contributed by atoms with van der Waals surface area (Å²) in [6.45, 7) is 13.6. The lowest BCUT2D eigenvalue weighted by atomic mass is 10.1. The van der Waals surface area contributed by atoms with Gasteiger partial charge in [0.1, 0.15) is 0 Å². The molecule has 0 aromatic rings. The van der Waals surface area contributed by atoms with Crippen molar-refractivity contribution in [3.63, 3.8) is 0 Å². The first-order valence-corrected chi connectivity index (χ1v) is 20.1. The van der Waals surface area contributed by atoms with Gasteiger partial charge in [0.25, 0.3) is 0 Å². The SMILES string of the molecule is CCCCCCCCCCCCCC(=O)OC(C)[N+]1(C(C)OC(=O)CCCCCCCCCCCCC)CCN(CCCN)CC1.[Br-]. The van der Waals surface area contributed by atoms with Gasteiger partial charge in [-0.3, -0.25) is 19.0 Å². The summed E-state index contributed by atoms with van der Waals surface area (Å²) in [6, 6.07) is 0. The summed E-state index contributed by atoms with van der Waals surface area (Å²) in [7, 11) is 0. The largest absolute Gasteiger partial charge is 1.00 e. The van der Waals surface area contributed by atoms with Crippen LogP contribution in [-0.2, 0) is 19.1 Å². The van der Waals surface area contributed by atoms with E-state index in [0.717, 1.165) is 64.8 Å². The maximum Gasteiger partial charge on any atom is 0.310 e. The van der Waals surface area contributed by atoms with Crippen LogP contribution in [0.1, 0.15) is 188 Å². The Bertz CT molecular complexity index is 685. The zero-order valence-electron chi connectivity index (χ0n) is 31.6. The highest BCUT2D eigenvalue weighted by Gasteiger charge is 2.46. The number of hydrogen-bond acceptors (Lipinski definition) is 6. The minimum Gasteiger partial charge on any atom is -1.00 e. The maximum atomic E-state index is 12.9. The number of halogens is 1. The Morgan fingerprint density at radius 2 is 0.894 bits per heavy atom. The molecule has 0 spiro atoms. The molecule has 1 rings (SSSR count). The minimum absolute atomic E-state index is 0. The predicted octanol–water partition coefficient (Wildman–Crippen LogP) is 6.65. The van der Waals surface area contributed by atoms with Crippen LogP contribution in [-0.4, -0.2) is 73.0 Å². The molecule has 47 heavy (non-hydrogen) atoms. The number of hydrogen-bond donors (Lipinski definition) is 1. The number of quaternary nitrogens is 1. The second-order valence-corrected chi connectivity index (χ2v) is 14.3. The third-order valence-corrected chi connectivity index (χ3v) is 10.4. The van der Waals surface area contributed by atoms with Crippen LogP contribution in [0.2, 0.25) is 0 Å². The van der Waals surface area contributed by atoms with E-state index in [9.17, 15) is 9.59 Å². The van der Waals surface area contributed by atoms with E-state index in [2.05, 4.69) is 18.7 Å². The molecule has 1 saturated heterocycles. The summed E-state index contributed by atoms with van der Waals surface area (Å²) in [5.41, 5.74) is 5.76. The summed E-state index contributed by atoms with van der Waals surface area (Å²) in [5, 5.41) is 0. The number of rotatable bonds is 31. The van der Waals surface area contributed by atoms with Gasteiger partial charge in [0.2, 0.25) is 12.5 Å². The molecular weight excluding hydrogens is 654 g/mol. The monoisotopic (exact) mass is 732 g/mol.